The predicted octanol–water partition coefficient (Wildman–Crippen LogP) is 2.60. The summed E-state index contributed by atoms with van der Waals surface area (Å²) in [5.74, 6) is -0.667. The molecule has 1 amide bonds. The second kappa shape index (κ2) is 6.52. The molecule has 1 atom stereocenters. The molecule has 8 heteroatoms. The van der Waals surface area contributed by atoms with Gasteiger partial charge < -0.3 is 5.32 Å². The Morgan fingerprint density at radius 1 is 1.33 bits per heavy atom. The minimum absolute atomic E-state index is 0.187. The molecule has 0 bridgehead atoms. The first-order chi connectivity index (χ1) is 9.79. The van der Waals surface area contributed by atoms with Gasteiger partial charge in [-0.3, -0.25) is 4.79 Å². The molecule has 0 radical (unpaired) electrons. The van der Waals surface area contributed by atoms with Crippen molar-refractivity contribution >= 4 is 44.8 Å². The molecule has 2 rings (SSSR count). The number of benzene rings is 1. The van der Waals surface area contributed by atoms with Crippen molar-refractivity contribution in [2.24, 2.45) is 5.92 Å². The number of carbonyl (C=O) groups is 1. The molecule has 1 N–H and O–H groups in total. The Balaban J connectivity index is 2.10. The minimum atomic E-state index is -3.28. The van der Waals surface area contributed by atoms with Crippen molar-refractivity contribution in [1.29, 1.82) is 0 Å². The lowest BCUT2D eigenvalue weighted by Gasteiger charge is -2.30. The topological polar surface area (TPSA) is 66.5 Å². The van der Waals surface area contributed by atoms with E-state index in [0.717, 1.165) is 6.26 Å². The van der Waals surface area contributed by atoms with E-state index in [9.17, 15) is 13.2 Å². The zero-order chi connectivity index (χ0) is 15.6. The van der Waals surface area contributed by atoms with Crippen molar-refractivity contribution in [3.63, 3.8) is 0 Å². The molecule has 0 unspecified atom stereocenters. The van der Waals surface area contributed by atoms with Crippen LogP contribution >= 0.6 is 23.2 Å². The fourth-order valence-corrected chi connectivity index (χ4v) is 3.70. The number of sulfonamides is 1. The van der Waals surface area contributed by atoms with Crippen LogP contribution < -0.4 is 5.32 Å². The third-order valence-electron chi connectivity index (χ3n) is 3.43. The number of rotatable bonds is 3. The standard InChI is InChI=1S/C13H16Cl2N2O3S/c1-21(19,20)17-7-3-4-9(8-17)13(18)16-12-10(14)5-2-6-11(12)15/h2,5-6,9H,3-4,7-8H2,1H3,(H,16,18)/t9-/m1/s1. The summed E-state index contributed by atoms with van der Waals surface area (Å²) in [5, 5.41) is 3.40. The number of anilines is 1. The van der Waals surface area contributed by atoms with E-state index in [1.807, 2.05) is 0 Å². The molecule has 1 aliphatic heterocycles. The third kappa shape index (κ3) is 4.10. The Kier molecular flexibility index (Phi) is 5.14. The summed E-state index contributed by atoms with van der Waals surface area (Å²) in [7, 11) is -3.28. The maximum Gasteiger partial charge on any atom is 0.228 e. The minimum Gasteiger partial charge on any atom is -0.323 e. The Hall–Kier alpha value is -0.820. The maximum absolute atomic E-state index is 12.3. The molecular formula is C13H16Cl2N2O3S. The Morgan fingerprint density at radius 2 is 1.95 bits per heavy atom. The van der Waals surface area contributed by atoms with Gasteiger partial charge in [0.2, 0.25) is 15.9 Å². The van der Waals surface area contributed by atoms with Crippen molar-refractivity contribution in [3.8, 4) is 0 Å². The molecule has 116 valence electrons. The Bertz CT molecular complexity index is 629. The molecule has 0 aromatic heterocycles. The van der Waals surface area contributed by atoms with E-state index in [4.69, 9.17) is 23.2 Å². The van der Waals surface area contributed by atoms with Gasteiger partial charge in [0.25, 0.3) is 0 Å². The lowest BCUT2D eigenvalue weighted by atomic mass is 9.98. The summed E-state index contributed by atoms with van der Waals surface area (Å²) in [5.41, 5.74) is 0.363. The van der Waals surface area contributed by atoms with Crippen LogP contribution in [-0.2, 0) is 14.8 Å². The smallest absolute Gasteiger partial charge is 0.228 e. The lowest BCUT2D eigenvalue weighted by Crippen LogP contribution is -2.43. The van der Waals surface area contributed by atoms with Crippen LogP contribution in [0.4, 0.5) is 5.69 Å². The van der Waals surface area contributed by atoms with Crippen molar-refractivity contribution < 1.29 is 13.2 Å². The lowest BCUT2D eigenvalue weighted by molar-refractivity contribution is -0.120. The molecule has 1 heterocycles. The summed E-state index contributed by atoms with van der Waals surface area (Å²) < 4.78 is 24.5. The van der Waals surface area contributed by atoms with Crippen molar-refractivity contribution in [2.45, 2.75) is 12.8 Å². The van der Waals surface area contributed by atoms with Gasteiger partial charge in [-0.25, -0.2) is 12.7 Å². The second-order valence-corrected chi connectivity index (χ2v) is 7.84. The van der Waals surface area contributed by atoms with E-state index in [0.29, 0.717) is 35.1 Å². The van der Waals surface area contributed by atoms with E-state index in [1.54, 1.807) is 18.2 Å². The summed E-state index contributed by atoms with van der Waals surface area (Å²) in [6.45, 7) is 0.641. The highest BCUT2D eigenvalue weighted by Crippen LogP contribution is 2.31. The average Bonchev–Trinajstić information content (AvgIpc) is 2.42. The summed E-state index contributed by atoms with van der Waals surface area (Å²) in [4.78, 5) is 12.3. The van der Waals surface area contributed by atoms with Gasteiger partial charge >= 0.3 is 0 Å². The van der Waals surface area contributed by atoms with Gasteiger partial charge in [-0.2, -0.15) is 0 Å². The number of nitrogens with zero attached hydrogens (tertiary/aromatic N) is 1. The van der Waals surface area contributed by atoms with Gasteiger partial charge in [0.1, 0.15) is 0 Å². The molecule has 21 heavy (non-hydrogen) atoms. The number of carbonyl (C=O) groups excluding carboxylic acids is 1. The summed E-state index contributed by atoms with van der Waals surface area (Å²) in [6, 6.07) is 4.95. The van der Waals surface area contributed by atoms with Crippen molar-refractivity contribution in [3.05, 3.63) is 28.2 Å². The molecule has 0 spiro atoms. The largest absolute Gasteiger partial charge is 0.323 e. The first kappa shape index (κ1) is 16.5. The average molecular weight is 351 g/mol. The second-order valence-electron chi connectivity index (χ2n) is 5.05. The Labute approximate surface area is 134 Å². The number of halogens is 2. The summed E-state index contributed by atoms with van der Waals surface area (Å²) in [6.07, 6.45) is 2.44. The highest BCUT2D eigenvalue weighted by Gasteiger charge is 2.30. The SMILES string of the molecule is CS(=O)(=O)N1CCC[C@@H](C(=O)Nc2c(Cl)cccc2Cl)C1. The number of amides is 1. The van der Waals surface area contributed by atoms with E-state index >= 15 is 0 Å². The number of nitrogens with one attached hydrogen (secondary N) is 1. The third-order valence-corrected chi connectivity index (χ3v) is 5.33. The van der Waals surface area contributed by atoms with Crippen LogP contribution in [0.25, 0.3) is 0 Å². The van der Waals surface area contributed by atoms with E-state index < -0.39 is 15.9 Å². The predicted molar refractivity (Wildman–Crippen MR) is 84.2 cm³/mol. The van der Waals surface area contributed by atoms with Gasteiger partial charge in [0.05, 0.1) is 27.9 Å². The van der Waals surface area contributed by atoms with E-state index in [2.05, 4.69) is 5.32 Å². The van der Waals surface area contributed by atoms with Crippen LogP contribution in [0, 0.1) is 5.92 Å². The number of hydrogen-bond donors (Lipinski definition) is 1. The molecule has 1 aliphatic rings. The first-order valence-electron chi connectivity index (χ1n) is 6.49. The maximum atomic E-state index is 12.3. The van der Waals surface area contributed by atoms with Gasteiger partial charge in [-0.05, 0) is 25.0 Å². The van der Waals surface area contributed by atoms with Crippen LogP contribution in [0.15, 0.2) is 18.2 Å². The highest BCUT2D eigenvalue weighted by molar-refractivity contribution is 7.88. The number of piperidine rings is 1. The van der Waals surface area contributed by atoms with Crippen LogP contribution in [-0.4, -0.2) is 38.0 Å². The summed E-state index contributed by atoms with van der Waals surface area (Å²) >= 11 is 12.0. The van der Waals surface area contributed by atoms with E-state index in [-0.39, 0.29) is 12.5 Å². The highest BCUT2D eigenvalue weighted by atomic mass is 35.5. The van der Waals surface area contributed by atoms with Crippen LogP contribution in [0.3, 0.4) is 0 Å². The Morgan fingerprint density at radius 3 is 2.52 bits per heavy atom. The van der Waals surface area contributed by atoms with Gasteiger partial charge in [-0.15, -0.1) is 0 Å². The molecule has 1 aromatic rings. The molecule has 1 saturated heterocycles. The fourth-order valence-electron chi connectivity index (χ4n) is 2.30. The van der Waals surface area contributed by atoms with Crippen molar-refractivity contribution in [1.82, 2.24) is 4.31 Å². The van der Waals surface area contributed by atoms with Gasteiger partial charge in [0, 0.05) is 13.1 Å². The number of hydrogen-bond acceptors (Lipinski definition) is 3. The zero-order valence-corrected chi connectivity index (χ0v) is 13.8. The molecular weight excluding hydrogens is 335 g/mol. The van der Waals surface area contributed by atoms with Gasteiger partial charge in [-0.1, -0.05) is 29.3 Å². The molecule has 5 nitrogen and oxygen atoms in total. The fraction of sp³-hybridized carbons (Fsp3) is 0.462. The quantitative estimate of drug-likeness (QED) is 0.910. The molecule has 1 fully saturated rings. The van der Waals surface area contributed by atoms with Crippen LogP contribution in [0.5, 0.6) is 0 Å². The molecule has 1 aromatic carbocycles. The van der Waals surface area contributed by atoms with Crippen LogP contribution in [0.2, 0.25) is 10.0 Å². The normalized spacial score (nSPS) is 20.2. The van der Waals surface area contributed by atoms with Crippen molar-refractivity contribution in [2.75, 3.05) is 24.7 Å². The van der Waals surface area contributed by atoms with E-state index in [1.165, 1.54) is 4.31 Å². The molecule has 0 saturated carbocycles. The zero-order valence-electron chi connectivity index (χ0n) is 11.5. The monoisotopic (exact) mass is 350 g/mol. The van der Waals surface area contributed by atoms with Gasteiger partial charge in [0.15, 0.2) is 0 Å². The van der Waals surface area contributed by atoms with Crippen LogP contribution in [0.1, 0.15) is 12.8 Å². The molecule has 0 aliphatic carbocycles. The first-order valence-corrected chi connectivity index (χ1v) is 9.09. The number of para-hydroxylation sites is 1.